The average molecular weight is 1250 g/mol. The zero-order chi connectivity index (χ0) is 58.2. The van der Waals surface area contributed by atoms with Crippen LogP contribution in [0.3, 0.4) is 0 Å². The van der Waals surface area contributed by atoms with Crippen molar-refractivity contribution in [2.45, 2.75) is 109 Å². The molecule has 0 aromatic rings. The Labute approximate surface area is 512 Å². The molecule has 4 atom stereocenters. The first-order valence-corrected chi connectivity index (χ1v) is 25.2. The van der Waals surface area contributed by atoms with E-state index in [-0.39, 0.29) is 140 Å². The average Bonchev–Trinajstić information content (AvgIpc) is 3.42. The van der Waals surface area contributed by atoms with Gasteiger partial charge < -0.3 is 85.2 Å². The van der Waals surface area contributed by atoms with Crippen LogP contribution in [0.5, 0.6) is 0 Å². The SMILES string of the molecule is C.C=CCOC(=O)CCC(NC(=O)N[C@@H](CCCCN)C(=O)OCC=C)C(=O)OCC=C.C=CCOC(=O)CCC(NC(=O)N[C@@H](CCCCNCCCOCCO)C(=O)OCC=C)C(=O)OCC=C.O=CCCOCCO.S.S.S.S. The van der Waals surface area contributed by atoms with Gasteiger partial charge in [0.25, 0.3) is 0 Å². The van der Waals surface area contributed by atoms with Gasteiger partial charge in [0, 0.05) is 25.9 Å². The lowest BCUT2D eigenvalue weighted by atomic mass is 10.1. The Morgan fingerprint density at radius 2 is 0.756 bits per heavy atom. The Bertz CT molecular complexity index is 1740. The first-order chi connectivity index (χ1) is 37.2. The van der Waals surface area contributed by atoms with Crippen LogP contribution in [0.2, 0.25) is 0 Å². The van der Waals surface area contributed by atoms with Gasteiger partial charge >= 0.3 is 47.9 Å². The summed E-state index contributed by atoms with van der Waals surface area (Å²) in [4.78, 5) is 108. The van der Waals surface area contributed by atoms with Crippen molar-refractivity contribution in [2.24, 2.45) is 5.73 Å². The first-order valence-electron chi connectivity index (χ1n) is 25.2. The van der Waals surface area contributed by atoms with Gasteiger partial charge in [-0.25, -0.2) is 28.8 Å². The van der Waals surface area contributed by atoms with Crippen LogP contribution in [0.1, 0.15) is 84.5 Å². The molecule has 0 bridgehead atoms. The number of hydrogen-bond donors (Lipinski definition) is 8. The number of carbonyl (C=O) groups is 9. The molecule has 0 saturated carbocycles. The molecular formula is C53H98N6O19S4. The molecule has 25 nitrogen and oxygen atoms in total. The van der Waals surface area contributed by atoms with Gasteiger partial charge in [-0.2, -0.15) is 54.0 Å². The van der Waals surface area contributed by atoms with Crippen LogP contribution in [-0.4, -0.2) is 187 Å². The molecule has 29 heteroatoms. The Morgan fingerprint density at radius 3 is 1.09 bits per heavy atom. The highest BCUT2D eigenvalue weighted by molar-refractivity contribution is 7.59. The van der Waals surface area contributed by atoms with Crippen LogP contribution in [0.4, 0.5) is 9.59 Å². The molecule has 0 saturated heterocycles. The third-order valence-corrected chi connectivity index (χ3v) is 9.27. The number of urea groups is 2. The summed E-state index contributed by atoms with van der Waals surface area (Å²) in [7, 11) is 0. The van der Waals surface area contributed by atoms with Gasteiger partial charge in [-0.15, -0.1) is 0 Å². The molecule has 0 spiro atoms. The molecular weight excluding hydrogens is 1150 g/mol. The van der Waals surface area contributed by atoms with Crippen molar-refractivity contribution in [3.05, 3.63) is 75.9 Å². The second-order valence-corrected chi connectivity index (χ2v) is 15.7. The van der Waals surface area contributed by atoms with E-state index in [2.05, 4.69) is 66.1 Å². The Hall–Kier alpha value is -5.37. The topological polar surface area (TPSA) is 354 Å². The fourth-order valence-electron chi connectivity index (χ4n) is 5.63. The molecule has 0 aliphatic carbocycles. The van der Waals surface area contributed by atoms with Crippen molar-refractivity contribution in [3.8, 4) is 0 Å². The van der Waals surface area contributed by atoms with Crippen LogP contribution >= 0.6 is 54.0 Å². The van der Waals surface area contributed by atoms with Crippen LogP contribution in [0.15, 0.2) is 75.9 Å². The Morgan fingerprint density at radius 1 is 0.439 bits per heavy atom. The van der Waals surface area contributed by atoms with E-state index in [1.165, 1.54) is 36.5 Å². The summed E-state index contributed by atoms with van der Waals surface area (Å²) >= 11 is 0. The molecule has 0 aromatic heterocycles. The standard InChI is InChI=1S/C26H43N3O9.C21H33N3O7.C5H10O3.CH4.4H2S/c1-4-16-36-23(31)12-11-22(25(33)38-18-6-3)29-26(34)28-21(24(32)37-17-5-2)10-7-8-13-27-14-9-19-35-20-15-30;1-4-13-29-18(25)11-10-17(20(27)31-15-6-3)24-21(28)23-16(9-7-8-12-22)19(26)30-14-5-2;6-2-1-4-8-5-3-7;;;;;/h4-6,21-22,27,30H,1-3,7-20H2,(H2,28,29,34);4-6,16-17H,1-3,7-15,22H2,(H2,23,24,28);2,7H,1,3-5H2;1H4;4*1H2/t21-,22?;16-,17?;;;;;;/m00....../s1. The normalized spacial score (nSPS) is 10.9. The maximum Gasteiger partial charge on any atom is 0.329 e. The predicted molar refractivity (Wildman–Crippen MR) is 333 cm³/mol. The van der Waals surface area contributed by atoms with Gasteiger partial charge in [-0.1, -0.05) is 83.4 Å². The van der Waals surface area contributed by atoms with E-state index in [1.807, 2.05) is 0 Å². The minimum absolute atomic E-state index is 0. The summed E-state index contributed by atoms with van der Waals surface area (Å²) in [5, 5.41) is 30.0. The van der Waals surface area contributed by atoms with Crippen LogP contribution in [0, 0.1) is 0 Å². The number of hydrogen-bond acceptors (Lipinski definition) is 21. The van der Waals surface area contributed by atoms with Crippen molar-refractivity contribution >= 4 is 108 Å². The fourth-order valence-corrected chi connectivity index (χ4v) is 5.63. The summed E-state index contributed by atoms with van der Waals surface area (Å²) in [5.41, 5.74) is 5.47. The van der Waals surface area contributed by atoms with Crippen molar-refractivity contribution in [3.63, 3.8) is 0 Å². The minimum atomic E-state index is -1.15. The second-order valence-electron chi connectivity index (χ2n) is 15.7. The lowest BCUT2D eigenvalue weighted by Crippen LogP contribution is -2.52. The molecule has 9 N–H and O–H groups in total. The Balaban J connectivity index is -0.000000188. The highest BCUT2D eigenvalue weighted by Crippen LogP contribution is 2.08. The quantitative estimate of drug-likeness (QED) is 0.0143. The first kappa shape index (κ1) is 93.1. The van der Waals surface area contributed by atoms with Crippen LogP contribution in [0.25, 0.3) is 0 Å². The number of nitrogens with two attached hydrogens (primary N) is 1. The molecule has 0 aliphatic rings. The van der Waals surface area contributed by atoms with E-state index >= 15 is 0 Å². The number of ether oxygens (including phenoxy) is 8. The number of amides is 4. The molecule has 4 amide bonds. The van der Waals surface area contributed by atoms with Crippen LogP contribution < -0.4 is 32.3 Å². The van der Waals surface area contributed by atoms with Gasteiger partial charge in [0.1, 0.15) is 70.1 Å². The predicted octanol–water partition coefficient (Wildman–Crippen LogP) is 2.94. The summed E-state index contributed by atoms with van der Waals surface area (Å²) in [5.74, 6) is -3.89. The van der Waals surface area contributed by atoms with Gasteiger partial charge in [0.15, 0.2) is 0 Å². The van der Waals surface area contributed by atoms with Gasteiger partial charge in [0.2, 0.25) is 0 Å². The molecule has 478 valence electrons. The lowest BCUT2D eigenvalue weighted by molar-refractivity contribution is -0.147. The molecule has 0 aliphatic heterocycles. The minimum Gasteiger partial charge on any atom is -0.461 e. The number of aldehydes is 1. The zero-order valence-corrected chi connectivity index (χ0v) is 50.6. The number of aliphatic hydroxyl groups is 2. The van der Waals surface area contributed by atoms with Crippen LogP contribution in [-0.2, 0) is 71.5 Å². The maximum atomic E-state index is 12.7. The third kappa shape index (κ3) is 59.3. The van der Waals surface area contributed by atoms with Gasteiger partial charge in [0.05, 0.1) is 33.0 Å². The van der Waals surface area contributed by atoms with E-state index in [0.29, 0.717) is 78.0 Å². The molecule has 0 radical (unpaired) electrons. The molecule has 82 heavy (non-hydrogen) atoms. The van der Waals surface area contributed by atoms with Crippen molar-refractivity contribution < 1.29 is 91.3 Å². The van der Waals surface area contributed by atoms with Crippen molar-refractivity contribution in [2.75, 3.05) is 98.9 Å². The summed E-state index contributed by atoms with van der Waals surface area (Å²) in [6.07, 6.45) is 13.2. The number of nitrogens with one attached hydrogen (secondary N) is 5. The maximum absolute atomic E-state index is 12.7. The largest absolute Gasteiger partial charge is 0.461 e. The summed E-state index contributed by atoms with van der Waals surface area (Å²) < 4.78 is 39.8. The zero-order valence-electron chi connectivity index (χ0n) is 46.6. The van der Waals surface area contributed by atoms with Crippen molar-refractivity contribution in [1.29, 1.82) is 0 Å². The molecule has 2 unspecified atom stereocenters. The lowest BCUT2D eigenvalue weighted by Gasteiger charge is -2.21. The highest BCUT2D eigenvalue weighted by Gasteiger charge is 2.29. The molecule has 0 rings (SSSR count). The van der Waals surface area contributed by atoms with E-state index in [4.69, 9.17) is 53.8 Å². The number of rotatable bonds is 46. The molecule has 0 heterocycles. The smallest absolute Gasteiger partial charge is 0.329 e. The van der Waals surface area contributed by atoms with E-state index in [1.54, 1.807) is 0 Å². The van der Waals surface area contributed by atoms with E-state index in [0.717, 1.165) is 25.7 Å². The Kier molecular flexibility index (Phi) is 79.3. The number of esters is 6. The molecule has 0 aromatic carbocycles. The van der Waals surface area contributed by atoms with Gasteiger partial charge in [-0.3, -0.25) is 9.59 Å². The highest BCUT2D eigenvalue weighted by atomic mass is 32.1. The second kappa shape index (κ2) is 69.9. The fraction of sp³-hybridized carbons (Fsp3) is 0.604. The van der Waals surface area contributed by atoms with E-state index in [9.17, 15) is 43.2 Å². The summed E-state index contributed by atoms with van der Waals surface area (Å²) in [6, 6.07) is -5.75. The van der Waals surface area contributed by atoms with E-state index < -0.39 is 72.0 Å². The molecule has 0 fully saturated rings. The number of unbranched alkanes of at least 4 members (excludes halogenated alkanes) is 2. The summed E-state index contributed by atoms with van der Waals surface area (Å²) in [6.45, 7) is 24.3. The third-order valence-electron chi connectivity index (χ3n) is 9.27. The van der Waals surface area contributed by atoms with Crippen molar-refractivity contribution in [1.82, 2.24) is 26.6 Å². The monoisotopic (exact) mass is 1250 g/mol. The number of carbonyl (C=O) groups excluding carboxylic acids is 9. The van der Waals surface area contributed by atoms with Gasteiger partial charge in [-0.05, 0) is 77.4 Å². The number of aliphatic hydroxyl groups excluding tert-OH is 2.